The van der Waals surface area contributed by atoms with Crippen LogP contribution in [0.1, 0.15) is 19.3 Å². The van der Waals surface area contributed by atoms with Gasteiger partial charge in [-0.2, -0.15) is 0 Å². The van der Waals surface area contributed by atoms with E-state index >= 15 is 0 Å². The van der Waals surface area contributed by atoms with Gasteiger partial charge in [-0.1, -0.05) is 17.7 Å². The molecular formula is C9H11N+. The average molecular weight is 133 g/mol. The fourth-order valence-corrected chi connectivity index (χ4v) is 1.49. The van der Waals surface area contributed by atoms with Crippen LogP contribution in [0.25, 0.3) is 0 Å². The Bertz CT molecular complexity index is 221. The standard InChI is InChI=1S/C9H11N/c1-2-4-9-7-10-6-5-8(9)3-1/h1-2,7H,3-6H2/q+1. The molecule has 0 unspecified atom stereocenters. The number of rotatable bonds is 0. The van der Waals surface area contributed by atoms with Crippen LogP contribution in [0, 0.1) is 0 Å². The summed E-state index contributed by atoms with van der Waals surface area (Å²) in [5, 5.41) is 0. The van der Waals surface area contributed by atoms with Gasteiger partial charge in [0.25, 0.3) is 0 Å². The summed E-state index contributed by atoms with van der Waals surface area (Å²) < 4.78 is 0. The third-order valence-corrected chi connectivity index (χ3v) is 2.11. The largest absolute Gasteiger partial charge is 0.238 e. The predicted molar refractivity (Wildman–Crippen MR) is 43.1 cm³/mol. The van der Waals surface area contributed by atoms with Gasteiger partial charge in [-0.05, 0) is 12.8 Å². The lowest BCUT2D eigenvalue weighted by Crippen LogP contribution is -2.10. The normalized spacial score (nSPS) is 23.2. The monoisotopic (exact) mass is 133 g/mol. The molecule has 2 rings (SSSR count). The molecule has 0 aromatic rings. The molecule has 0 N–H and O–H groups in total. The molecule has 1 radical (unpaired) electrons. The fourth-order valence-electron chi connectivity index (χ4n) is 1.49. The van der Waals surface area contributed by atoms with Gasteiger partial charge in [0.15, 0.2) is 0 Å². The zero-order chi connectivity index (χ0) is 6.81. The average Bonchev–Trinajstić information content (AvgIpc) is 2.05. The van der Waals surface area contributed by atoms with Crippen LogP contribution in [0.3, 0.4) is 0 Å². The van der Waals surface area contributed by atoms with Crippen molar-refractivity contribution in [3.05, 3.63) is 23.3 Å². The van der Waals surface area contributed by atoms with Crippen LogP contribution in [0.15, 0.2) is 23.3 Å². The highest BCUT2D eigenvalue weighted by Gasteiger charge is 2.15. The molecule has 0 atom stereocenters. The summed E-state index contributed by atoms with van der Waals surface area (Å²) >= 11 is 0. The molecule has 51 valence electrons. The Kier molecular flexibility index (Phi) is 1.42. The van der Waals surface area contributed by atoms with Crippen LogP contribution in [0.5, 0.6) is 0 Å². The summed E-state index contributed by atoms with van der Waals surface area (Å²) in [6.07, 6.45) is 10.0. The van der Waals surface area contributed by atoms with E-state index in [-0.39, 0.29) is 0 Å². The zero-order valence-electron chi connectivity index (χ0n) is 6.01. The van der Waals surface area contributed by atoms with E-state index in [0.29, 0.717) is 0 Å². The van der Waals surface area contributed by atoms with Crippen molar-refractivity contribution in [3.8, 4) is 0 Å². The maximum Gasteiger partial charge on any atom is 0.238 e. The zero-order valence-corrected chi connectivity index (χ0v) is 6.01. The minimum absolute atomic E-state index is 1.01. The van der Waals surface area contributed by atoms with E-state index in [9.17, 15) is 0 Å². The highest BCUT2D eigenvalue weighted by molar-refractivity contribution is 5.80. The van der Waals surface area contributed by atoms with Crippen LogP contribution in [0.2, 0.25) is 0 Å². The lowest BCUT2D eigenvalue weighted by atomic mass is 9.94. The molecule has 1 heteroatoms. The smallest absolute Gasteiger partial charge is 0.0841 e. The van der Waals surface area contributed by atoms with Gasteiger partial charge in [-0.15, -0.1) is 0 Å². The van der Waals surface area contributed by atoms with E-state index < -0.39 is 0 Å². The van der Waals surface area contributed by atoms with Gasteiger partial charge in [0.2, 0.25) is 12.8 Å². The van der Waals surface area contributed by atoms with Crippen molar-refractivity contribution in [1.82, 2.24) is 4.99 Å². The topological polar surface area (TPSA) is 14.1 Å². The quantitative estimate of drug-likeness (QED) is 0.444. The Labute approximate surface area is 61.2 Å². The third kappa shape index (κ3) is 0.919. The molecule has 0 saturated heterocycles. The van der Waals surface area contributed by atoms with E-state index in [1.807, 2.05) is 6.21 Å². The number of hydrogen-bond donors (Lipinski definition) is 0. The number of nitrogens with zero attached hydrogens (tertiary/aromatic N) is 1. The summed E-state index contributed by atoms with van der Waals surface area (Å²) in [7, 11) is 0. The van der Waals surface area contributed by atoms with Crippen LogP contribution in [-0.2, 0) is 0 Å². The summed E-state index contributed by atoms with van der Waals surface area (Å²) in [6.45, 7) is 1.01. The molecule has 0 fully saturated rings. The Balaban J connectivity index is 2.25. The Morgan fingerprint density at radius 2 is 2.10 bits per heavy atom. The van der Waals surface area contributed by atoms with Crippen molar-refractivity contribution < 1.29 is 0 Å². The van der Waals surface area contributed by atoms with E-state index in [0.717, 1.165) is 13.0 Å². The molecule has 0 aromatic carbocycles. The van der Waals surface area contributed by atoms with Gasteiger partial charge in [0, 0.05) is 17.0 Å². The highest BCUT2D eigenvalue weighted by Crippen LogP contribution is 2.21. The lowest BCUT2D eigenvalue weighted by Gasteiger charge is -2.10. The molecule has 1 nitrogen and oxygen atoms in total. The van der Waals surface area contributed by atoms with Gasteiger partial charge >= 0.3 is 0 Å². The van der Waals surface area contributed by atoms with E-state index in [1.165, 1.54) is 18.4 Å². The fraction of sp³-hybridized carbons (Fsp3) is 0.444. The molecule has 1 heterocycles. The van der Waals surface area contributed by atoms with Crippen LogP contribution in [-0.4, -0.2) is 12.8 Å². The minimum Gasteiger partial charge on any atom is -0.0841 e. The molecule has 0 saturated carbocycles. The Hall–Kier alpha value is -0.850. The molecule has 2 aliphatic rings. The summed E-state index contributed by atoms with van der Waals surface area (Å²) in [4.78, 5) is 4.24. The van der Waals surface area contributed by atoms with Gasteiger partial charge < -0.3 is 0 Å². The van der Waals surface area contributed by atoms with E-state index in [4.69, 9.17) is 0 Å². The first-order valence-corrected chi connectivity index (χ1v) is 3.82. The molecule has 0 spiro atoms. The van der Waals surface area contributed by atoms with Crippen molar-refractivity contribution in [2.45, 2.75) is 19.3 Å². The van der Waals surface area contributed by atoms with Crippen molar-refractivity contribution in [2.24, 2.45) is 0 Å². The molecule has 0 aromatic heterocycles. The number of dihydropyridines is 1. The Morgan fingerprint density at radius 1 is 1.20 bits per heavy atom. The van der Waals surface area contributed by atoms with Gasteiger partial charge in [-0.3, -0.25) is 0 Å². The predicted octanol–water partition coefficient (Wildman–Crippen LogP) is 1.44. The minimum atomic E-state index is 1.01. The van der Waals surface area contributed by atoms with Gasteiger partial charge in [-0.25, -0.2) is 0 Å². The van der Waals surface area contributed by atoms with E-state index in [1.54, 1.807) is 5.57 Å². The molecule has 0 bridgehead atoms. The van der Waals surface area contributed by atoms with Crippen molar-refractivity contribution in [1.29, 1.82) is 0 Å². The van der Waals surface area contributed by atoms with Crippen molar-refractivity contribution in [3.63, 3.8) is 0 Å². The number of aliphatic imine (C=N–C) groups is 1. The van der Waals surface area contributed by atoms with Crippen LogP contribution in [0.4, 0.5) is 0 Å². The van der Waals surface area contributed by atoms with Crippen molar-refractivity contribution in [2.75, 3.05) is 6.54 Å². The maximum atomic E-state index is 4.24. The van der Waals surface area contributed by atoms with Crippen molar-refractivity contribution >= 4 is 6.21 Å². The number of allylic oxidation sites excluding steroid dienone is 3. The molecule has 1 aliphatic carbocycles. The molecule has 0 amide bonds. The SMILES string of the molecule is C1=CCC2=C(C=[N+]CC2)C1. The van der Waals surface area contributed by atoms with Gasteiger partial charge in [0.05, 0.1) is 0 Å². The lowest BCUT2D eigenvalue weighted by molar-refractivity contribution is 0.829. The number of hydrogen-bond acceptors (Lipinski definition) is 1. The third-order valence-electron chi connectivity index (χ3n) is 2.11. The summed E-state index contributed by atoms with van der Waals surface area (Å²) in [5.74, 6) is 0. The maximum absolute atomic E-state index is 4.24. The summed E-state index contributed by atoms with van der Waals surface area (Å²) in [6, 6.07) is 0. The second-order valence-electron chi connectivity index (χ2n) is 2.79. The first kappa shape index (κ1) is 5.90. The molecule has 1 aliphatic heterocycles. The molecule has 10 heavy (non-hydrogen) atoms. The van der Waals surface area contributed by atoms with Crippen LogP contribution < -0.4 is 4.99 Å². The Morgan fingerprint density at radius 3 is 3.00 bits per heavy atom. The van der Waals surface area contributed by atoms with Crippen LogP contribution >= 0.6 is 0 Å². The second kappa shape index (κ2) is 2.41. The van der Waals surface area contributed by atoms with E-state index in [2.05, 4.69) is 17.1 Å². The first-order valence-electron chi connectivity index (χ1n) is 3.82. The highest BCUT2D eigenvalue weighted by atomic mass is 14.7. The molecular weight excluding hydrogens is 122 g/mol. The summed E-state index contributed by atoms with van der Waals surface area (Å²) in [5.41, 5.74) is 3.08. The van der Waals surface area contributed by atoms with Gasteiger partial charge in [0.1, 0.15) is 0 Å². The second-order valence-corrected chi connectivity index (χ2v) is 2.79. The first-order chi connectivity index (χ1) is 4.97.